The van der Waals surface area contributed by atoms with Crippen LogP contribution in [-0.4, -0.2) is 20.9 Å². The zero-order valence-corrected chi connectivity index (χ0v) is 9.60. The molecule has 2 aromatic heterocycles. The van der Waals surface area contributed by atoms with Gasteiger partial charge in [0.25, 0.3) is 0 Å². The zero-order chi connectivity index (χ0) is 12.1. The Morgan fingerprint density at radius 2 is 2.41 bits per heavy atom. The van der Waals surface area contributed by atoms with E-state index in [2.05, 4.69) is 20.3 Å². The summed E-state index contributed by atoms with van der Waals surface area (Å²) in [6.45, 7) is 2.41. The largest absolute Gasteiger partial charge is 0.350 e. The number of rotatable bonds is 4. The molecule has 2 rings (SSSR count). The third-order valence-corrected chi connectivity index (χ3v) is 2.48. The highest BCUT2D eigenvalue weighted by molar-refractivity contribution is 5.78. The Hall–Kier alpha value is -2.17. The van der Waals surface area contributed by atoms with E-state index in [0.29, 0.717) is 13.0 Å². The lowest BCUT2D eigenvalue weighted by molar-refractivity contribution is -0.120. The molecule has 88 valence electrons. The molecule has 0 saturated carbocycles. The smallest absolute Gasteiger partial charge is 0.226 e. The van der Waals surface area contributed by atoms with E-state index in [-0.39, 0.29) is 5.91 Å². The number of nitrogens with one attached hydrogen (secondary N) is 2. The predicted molar refractivity (Wildman–Crippen MR) is 63.1 cm³/mol. The van der Waals surface area contributed by atoms with Crippen LogP contribution in [0.2, 0.25) is 0 Å². The van der Waals surface area contributed by atoms with Gasteiger partial charge in [0, 0.05) is 12.4 Å². The van der Waals surface area contributed by atoms with Crippen LogP contribution in [0.3, 0.4) is 0 Å². The molecule has 1 amide bonds. The van der Waals surface area contributed by atoms with E-state index in [9.17, 15) is 4.79 Å². The van der Waals surface area contributed by atoms with E-state index in [1.807, 2.05) is 19.1 Å². The first kappa shape index (κ1) is 11.3. The zero-order valence-electron chi connectivity index (χ0n) is 9.60. The number of aromatic nitrogens is 3. The van der Waals surface area contributed by atoms with Crippen molar-refractivity contribution in [2.45, 2.75) is 19.9 Å². The molecule has 0 bridgehead atoms. The quantitative estimate of drug-likeness (QED) is 0.822. The fourth-order valence-corrected chi connectivity index (χ4v) is 1.49. The molecular formula is C12H14N4O. The van der Waals surface area contributed by atoms with Crippen LogP contribution in [0.25, 0.3) is 0 Å². The van der Waals surface area contributed by atoms with Crippen LogP contribution in [0.5, 0.6) is 0 Å². The van der Waals surface area contributed by atoms with Crippen molar-refractivity contribution in [3.8, 4) is 0 Å². The standard InChI is InChI=1S/C12H14N4O/c1-9-3-2-4-14-11(9)5-12(17)15-7-10-6-13-8-16-10/h2-4,6,8H,5,7H2,1H3,(H,13,16)(H,15,17). The van der Waals surface area contributed by atoms with Gasteiger partial charge in [-0.15, -0.1) is 0 Å². The molecule has 0 fully saturated rings. The van der Waals surface area contributed by atoms with Gasteiger partial charge in [-0.05, 0) is 18.6 Å². The van der Waals surface area contributed by atoms with Gasteiger partial charge in [-0.25, -0.2) is 4.98 Å². The minimum absolute atomic E-state index is 0.0404. The van der Waals surface area contributed by atoms with E-state index in [4.69, 9.17) is 0 Å². The maximum atomic E-state index is 11.7. The molecule has 5 nitrogen and oxygen atoms in total. The molecule has 5 heteroatoms. The number of hydrogen-bond acceptors (Lipinski definition) is 3. The van der Waals surface area contributed by atoms with Gasteiger partial charge >= 0.3 is 0 Å². The molecule has 0 aliphatic rings. The summed E-state index contributed by atoms with van der Waals surface area (Å²) in [6.07, 6.45) is 5.28. The molecule has 2 heterocycles. The van der Waals surface area contributed by atoms with E-state index >= 15 is 0 Å². The molecule has 0 saturated heterocycles. The number of imidazole rings is 1. The summed E-state index contributed by atoms with van der Waals surface area (Å²) < 4.78 is 0. The van der Waals surface area contributed by atoms with Crippen molar-refractivity contribution in [2.75, 3.05) is 0 Å². The lowest BCUT2D eigenvalue weighted by atomic mass is 10.1. The number of H-pyrrole nitrogens is 1. The van der Waals surface area contributed by atoms with Gasteiger partial charge in [0.1, 0.15) is 0 Å². The highest BCUT2D eigenvalue weighted by atomic mass is 16.1. The number of nitrogens with zero attached hydrogens (tertiary/aromatic N) is 2. The van der Waals surface area contributed by atoms with E-state index in [1.54, 1.807) is 18.7 Å². The summed E-state index contributed by atoms with van der Waals surface area (Å²) in [4.78, 5) is 22.7. The molecular weight excluding hydrogens is 216 g/mol. The Bertz CT molecular complexity index is 493. The van der Waals surface area contributed by atoms with Crippen molar-refractivity contribution in [3.05, 3.63) is 47.8 Å². The van der Waals surface area contributed by atoms with Gasteiger partial charge in [-0.2, -0.15) is 0 Å². The number of aromatic amines is 1. The normalized spacial score (nSPS) is 10.2. The summed E-state index contributed by atoms with van der Waals surface area (Å²) in [6, 6.07) is 3.81. The summed E-state index contributed by atoms with van der Waals surface area (Å²) in [7, 11) is 0. The molecule has 0 unspecified atom stereocenters. The summed E-state index contributed by atoms with van der Waals surface area (Å²) >= 11 is 0. The van der Waals surface area contributed by atoms with Crippen LogP contribution in [0.1, 0.15) is 17.0 Å². The summed E-state index contributed by atoms with van der Waals surface area (Å²) in [5.74, 6) is -0.0404. The first-order chi connectivity index (χ1) is 8.25. The molecule has 17 heavy (non-hydrogen) atoms. The topological polar surface area (TPSA) is 70.7 Å². The van der Waals surface area contributed by atoms with E-state index in [0.717, 1.165) is 17.0 Å². The summed E-state index contributed by atoms with van der Waals surface area (Å²) in [5, 5.41) is 2.81. The number of hydrogen-bond donors (Lipinski definition) is 2. The van der Waals surface area contributed by atoms with Gasteiger partial charge in [0.2, 0.25) is 5.91 Å². The van der Waals surface area contributed by atoms with Crippen molar-refractivity contribution < 1.29 is 4.79 Å². The number of amides is 1. The molecule has 0 radical (unpaired) electrons. The predicted octanol–water partition coefficient (Wildman–Crippen LogP) is 0.972. The van der Waals surface area contributed by atoms with Crippen molar-refractivity contribution in [2.24, 2.45) is 0 Å². The van der Waals surface area contributed by atoms with Gasteiger partial charge in [-0.3, -0.25) is 9.78 Å². The average Bonchev–Trinajstić information content (AvgIpc) is 2.82. The minimum atomic E-state index is -0.0404. The lowest BCUT2D eigenvalue weighted by Gasteiger charge is -2.05. The number of carbonyl (C=O) groups is 1. The molecule has 0 aromatic carbocycles. The average molecular weight is 230 g/mol. The second kappa shape index (κ2) is 5.25. The van der Waals surface area contributed by atoms with E-state index in [1.165, 1.54) is 0 Å². The summed E-state index contributed by atoms with van der Waals surface area (Å²) in [5.41, 5.74) is 2.73. The Morgan fingerprint density at radius 3 is 3.12 bits per heavy atom. The second-order valence-electron chi connectivity index (χ2n) is 3.80. The fourth-order valence-electron chi connectivity index (χ4n) is 1.49. The van der Waals surface area contributed by atoms with Crippen molar-refractivity contribution in [1.29, 1.82) is 0 Å². The lowest BCUT2D eigenvalue weighted by Crippen LogP contribution is -2.25. The van der Waals surface area contributed by atoms with Crippen molar-refractivity contribution >= 4 is 5.91 Å². The fraction of sp³-hybridized carbons (Fsp3) is 0.250. The number of pyridine rings is 1. The van der Waals surface area contributed by atoms with Gasteiger partial charge in [0.15, 0.2) is 0 Å². The first-order valence-electron chi connectivity index (χ1n) is 5.40. The van der Waals surface area contributed by atoms with Crippen LogP contribution in [0.4, 0.5) is 0 Å². The Kier molecular flexibility index (Phi) is 3.49. The Labute approximate surface area is 99.3 Å². The molecule has 2 aromatic rings. The maximum absolute atomic E-state index is 11.7. The monoisotopic (exact) mass is 230 g/mol. The maximum Gasteiger partial charge on any atom is 0.226 e. The van der Waals surface area contributed by atoms with Crippen LogP contribution in [-0.2, 0) is 17.8 Å². The molecule has 0 spiro atoms. The molecule has 0 aliphatic carbocycles. The highest BCUT2D eigenvalue weighted by Gasteiger charge is 2.06. The van der Waals surface area contributed by atoms with Gasteiger partial charge in [-0.1, -0.05) is 6.07 Å². The molecule has 0 aliphatic heterocycles. The first-order valence-corrected chi connectivity index (χ1v) is 5.40. The van der Waals surface area contributed by atoms with Crippen molar-refractivity contribution in [3.63, 3.8) is 0 Å². The molecule has 2 N–H and O–H groups in total. The number of aryl methyl sites for hydroxylation is 1. The van der Waals surface area contributed by atoms with Crippen LogP contribution >= 0.6 is 0 Å². The van der Waals surface area contributed by atoms with Gasteiger partial charge in [0.05, 0.1) is 30.7 Å². The number of carbonyl (C=O) groups excluding carboxylic acids is 1. The highest BCUT2D eigenvalue weighted by Crippen LogP contribution is 2.03. The second-order valence-corrected chi connectivity index (χ2v) is 3.80. The Balaban J connectivity index is 1.87. The minimum Gasteiger partial charge on any atom is -0.350 e. The third kappa shape index (κ3) is 3.14. The van der Waals surface area contributed by atoms with Crippen LogP contribution in [0.15, 0.2) is 30.9 Å². The van der Waals surface area contributed by atoms with Gasteiger partial charge < -0.3 is 10.3 Å². The Morgan fingerprint density at radius 1 is 1.53 bits per heavy atom. The van der Waals surface area contributed by atoms with Crippen molar-refractivity contribution in [1.82, 2.24) is 20.3 Å². The third-order valence-electron chi connectivity index (χ3n) is 2.48. The van der Waals surface area contributed by atoms with E-state index < -0.39 is 0 Å². The van der Waals surface area contributed by atoms with Crippen LogP contribution in [0, 0.1) is 6.92 Å². The van der Waals surface area contributed by atoms with Crippen LogP contribution < -0.4 is 5.32 Å². The molecule has 0 atom stereocenters. The SMILES string of the molecule is Cc1cccnc1CC(=O)NCc1cnc[nH]1.